The van der Waals surface area contributed by atoms with Gasteiger partial charge in [0.1, 0.15) is 0 Å². The smallest absolute Gasteiger partial charge is 0.00474 e. The van der Waals surface area contributed by atoms with Crippen LogP contribution in [0.4, 0.5) is 0 Å². The first-order chi connectivity index (χ1) is 10.3. The number of benzene rings is 1. The zero-order valence-electron chi connectivity index (χ0n) is 14.5. The van der Waals surface area contributed by atoms with Crippen molar-refractivity contribution in [1.82, 2.24) is 4.90 Å². The van der Waals surface area contributed by atoms with Crippen LogP contribution < -0.4 is 0 Å². The van der Waals surface area contributed by atoms with E-state index in [1.165, 1.54) is 70.1 Å². The minimum Gasteiger partial charge on any atom is -0.304 e. The van der Waals surface area contributed by atoms with E-state index >= 15 is 0 Å². The second-order valence-electron chi connectivity index (χ2n) is 6.15. The molecule has 0 saturated heterocycles. The molecule has 1 heteroatoms. The van der Waals surface area contributed by atoms with Crippen LogP contribution >= 0.6 is 0 Å². The van der Waals surface area contributed by atoms with E-state index in [-0.39, 0.29) is 0 Å². The van der Waals surface area contributed by atoms with Crippen LogP contribution in [0.1, 0.15) is 64.9 Å². The zero-order valence-corrected chi connectivity index (χ0v) is 14.5. The highest BCUT2D eigenvalue weighted by molar-refractivity contribution is 5.14. The molecule has 0 N–H and O–H groups in total. The number of nitrogens with zero attached hydrogens (tertiary/aromatic N) is 1. The van der Waals surface area contributed by atoms with Crippen molar-refractivity contribution in [3.8, 4) is 0 Å². The molecule has 0 aliphatic heterocycles. The Kier molecular flexibility index (Phi) is 10.2. The minimum atomic E-state index is 1.02. The van der Waals surface area contributed by atoms with Crippen molar-refractivity contribution in [2.24, 2.45) is 5.92 Å². The van der Waals surface area contributed by atoms with E-state index in [0.717, 1.165) is 5.92 Å². The molecular formula is C20H35N. The molecule has 1 fully saturated rings. The van der Waals surface area contributed by atoms with Gasteiger partial charge >= 0.3 is 0 Å². The Hall–Kier alpha value is -0.820. The Bertz CT molecular complexity index is 317. The van der Waals surface area contributed by atoms with Crippen LogP contribution in [0.25, 0.3) is 0 Å². The molecular weight excluding hydrogens is 254 g/mol. The third-order valence-corrected chi connectivity index (χ3v) is 4.75. The molecule has 1 aromatic rings. The summed E-state index contributed by atoms with van der Waals surface area (Å²) in [6.45, 7) is 10.1. The fourth-order valence-corrected chi connectivity index (χ4v) is 3.16. The molecule has 0 atom stereocenters. The highest BCUT2D eigenvalue weighted by Gasteiger charge is 2.12. The van der Waals surface area contributed by atoms with Crippen LogP contribution in [0, 0.1) is 5.92 Å². The van der Waals surface area contributed by atoms with Gasteiger partial charge in [-0.2, -0.15) is 0 Å². The first kappa shape index (κ1) is 18.2. The fraction of sp³-hybridized carbons (Fsp3) is 0.700. The summed E-state index contributed by atoms with van der Waals surface area (Å²) in [7, 11) is 0. The van der Waals surface area contributed by atoms with Gasteiger partial charge in [-0.15, -0.1) is 0 Å². The van der Waals surface area contributed by atoms with Gasteiger partial charge in [-0.25, -0.2) is 0 Å². The number of aryl methyl sites for hydroxylation is 1. The molecule has 1 aliphatic rings. The van der Waals surface area contributed by atoms with Crippen LogP contribution in [0.2, 0.25) is 0 Å². The molecule has 1 aromatic carbocycles. The first-order valence-electron chi connectivity index (χ1n) is 9.06. The molecule has 1 saturated carbocycles. The van der Waals surface area contributed by atoms with Crippen molar-refractivity contribution in [1.29, 1.82) is 0 Å². The molecule has 1 aliphatic carbocycles. The van der Waals surface area contributed by atoms with Gasteiger partial charge in [-0.05, 0) is 44.0 Å². The summed E-state index contributed by atoms with van der Waals surface area (Å²) in [5.74, 6) is 1.02. The zero-order chi connectivity index (χ0) is 15.3. The van der Waals surface area contributed by atoms with Crippen LogP contribution in [-0.4, -0.2) is 24.5 Å². The molecule has 0 aromatic heterocycles. The van der Waals surface area contributed by atoms with E-state index in [9.17, 15) is 0 Å². The predicted molar refractivity (Wildman–Crippen MR) is 94.8 cm³/mol. The van der Waals surface area contributed by atoms with E-state index in [0.29, 0.717) is 0 Å². The number of hydrogen-bond donors (Lipinski definition) is 0. The summed E-state index contributed by atoms with van der Waals surface area (Å²) in [6, 6.07) is 10.9. The monoisotopic (exact) mass is 289 g/mol. The summed E-state index contributed by atoms with van der Waals surface area (Å²) in [4.78, 5) is 2.38. The maximum atomic E-state index is 2.38. The van der Waals surface area contributed by atoms with Gasteiger partial charge in [-0.3, -0.25) is 0 Å². The SMILES string of the molecule is CCN(CC)CC.c1ccc(CCC2CCCCC2)cc1. The Morgan fingerprint density at radius 3 is 1.90 bits per heavy atom. The van der Waals surface area contributed by atoms with Crippen molar-refractivity contribution in [3.63, 3.8) is 0 Å². The van der Waals surface area contributed by atoms with Gasteiger partial charge in [0, 0.05) is 0 Å². The summed E-state index contributed by atoms with van der Waals surface area (Å²) < 4.78 is 0. The van der Waals surface area contributed by atoms with Crippen molar-refractivity contribution in [2.45, 2.75) is 65.7 Å². The average molecular weight is 290 g/mol. The molecule has 0 radical (unpaired) electrons. The largest absolute Gasteiger partial charge is 0.304 e. The summed E-state index contributed by atoms with van der Waals surface area (Å²) in [5.41, 5.74) is 1.51. The predicted octanol–water partition coefficient (Wildman–Crippen LogP) is 5.55. The van der Waals surface area contributed by atoms with Crippen LogP contribution in [0.3, 0.4) is 0 Å². The highest BCUT2D eigenvalue weighted by atomic mass is 15.1. The summed E-state index contributed by atoms with van der Waals surface area (Å²) in [5, 5.41) is 0. The maximum absolute atomic E-state index is 2.38. The molecule has 0 heterocycles. The van der Waals surface area contributed by atoms with Gasteiger partial charge in [0.2, 0.25) is 0 Å². The second kappa shape index (κ2) is 11.8. The lowest BCUT2D eigenvalue weighted by Crippen LogP contribution is -2.21. The van der Waals surface area contributed by atoms with Crippen LogP contribution in [0.15, 0.2) is 30.3 Å². The molecule has 21 heavy (non-hydrogen) atoms. The molecule has 0 unspecified atom stereocenters. The molecule has 0 bridgehead atoms. The van der Waals surface area contributed by atoms with Crippen molar-refractivity contribution >= 4 is 0 Å². The number of rotatable bonds is 6. The van der Waals surface area contributed by atoms with Crippen LogP contribution in [0.5, 0.6) is 0 Å². The topological polar surface area (TPSA) is 3.24 Å². The van der Waals surface area contributed by atoms with Gasteiger partial charge in [-0.1, -0.05) is 83.2 Å². The number of hydrogen-bond acceptors (Lipinski definition) is 1. The lowest BCUT2D eigenvalue weighted by Gasteiger charge is -2.21. The second-order valence-corrected chi connectivity index (χ2v) is 6.15. The van der Waals surface area contributed by atoms with Crippen molar-refractivity contribution in [2.75, 3.05) is 19.6 Å². The van der Waals surface area contributed by atoms with Gasteiger partial charge < -0.3 is 4.90 Å². The third-order valence-electron chi connectivity index (χ3n) is 4.75. The third kappa shape index (κ3) is 8.26. The van der Waals surface area contributed by atoms with E-state index in [2.05, 4.69) is 56.0 Å². The summed E-state index contributed by atoms with van der Waals surface area (Å²) in [6.07, 6.45) is 10.1. The normalized spacial score (nSPS) is 15.6. The lowest BCUT2D eigenvalue weighted by molar-refractivity contribution is 0.321. The Morgan fingerprint density at radius 1 is 0.857 bits per heavy atom. The van der Waals surface area contributed by atoms with Gasteiger partial charge in [0.15, 0.2) is 0 Å². The fourth-order valence-electron chi connectivity index (χ4n) is 3.16. The van der Waals surface area contributed by atoms with Gasteiger partial charge in [0.05, 0.1) is 0 Å². The molecule has 0 spiro atoms. The minimum absolute atomic E-state index is 1.02. The molecule has 2 rings (SSSR count). The van der Waals surface area contributed by atoms with Gasteiger partial charge in [0.25, 0.3) is 0 Å². The Balaban J connectivity index is 0.000000270. The van der Waals surface area contributed by atoms with E-state index in [1.807, 2.05) is 0 Å². The first-order valence-corrected chi connectivity index (χ1v) is 9.06. The average Bonchev–Trinajstić information content (AvgIpc) is 2.57. The van der Waals surface area contributed by atoms with Crippen LogP contribution in [-0.2, 0) is 6.42 Å². The van der Waals surface area contributed by atoms with E-state index in [4.69, 9.17) is 0 Å². The van der Waals surface area contributed by atoms with Crippen molar-refractivity contribution < 1.29 is 0 Å². The quantitative estimate of drug-likeness (QED) is 0.664. The molecule has 0 amide bonds. The lowest BCUT2D eigenvalue weighted by atomic mass is 9.85. The van der Waals surface area contributed by atoms with E-state index < -0.39 is 0 Å². The standard InChI is InChI=1S/C14H20.C6H15N/c1-3-7-13(8-4-1)11-12-14-9-5-2-6-10-14;1-4-7(5-2)6-3/h1,3-4,7-8,14H,2,5-6,9-12H2;4-6H2,1-3H3. The molecule has 120 valence electrons. The summed E-state index contributed by atoms with van der Waals surface area (Å²) >= 11 is 0. The van der Waals surface area contributed by atoms with E-state index in [1.54, 1.807) is 0 Å². The highest BCUT2D eigenvalue weighted by Crippen LogP contribution is 2.27. The van der Waals surface area contributed by atoms with Crippen molar-refractivity contribution in [3.05, 3.63) is 35.9 Å². The molecule has 1 nitrogen and oxygen atoms in total. The Morgan fingerprint density at radius 2 is 1.43 bits per heavy atom. The maximum Gasteiger partial charge on any atom is -0.00474 e. The Labute approximate surface area is 132 Å².